The fourth-order valence-electron chi connectivity index (χ4n) is 3.48. The van der Waals surface area contributed by atoms with Crippen molar-refractivity contribution in [2.75, 3.05) is 53.4 Å². The molecule has 0 atom stereocenters. The molecule has 2 aromatic carbocycles. The molecule has 9 heteroatoms. The number of rotatable bonds is 8. The van der Waals surface area contributed by atoms with Crippen molar-refractivity contribution in [1.82, 2.24) is 14.1 Å². The van der Waals surface area contributed by atoms with Gasteiger partial charge in [0.15, 0.2) is 0 Å². The fourth-order valence-corrected chi connectivity index (χ4v) is 4.76. The zero-order valence-electron chi connectivity index (χ0n) is 18.3. The predicted octanol–water partition coefficient (Wildman–Crippen LogP) is 2.31. The number of piperazine rings is 1. The molecule has 1 amide bonds. The van der Waals surface area contributed by atoms with E-state index < -0.39 is 15.8 Å². The van der Waals surface area contributed by atoms with Crippen molar-refractivity contribution >= 4 is 22.0 Å². The minimum Gasteiger partial charge on any atom is -0.495 e. The van der Waals surface area contributed by atoms with E-state index in [1.54, 1.807) is 4.90 Å². The van der Waals surface area contributed by atoms with Crippen molar-refractivity contribution in [3.8, 4) is 5.75 Å². The van der Waals surface area contributed by atoms with E-state index in [9.17, 15) is 17.6 Å². The van der Waals surface area contributed by atoms with Crippen LogP contribution in [0.25, 0.3) is 6.08 Å². The molecule has 1 aliphatic heterocycles. The third kappa shape index (κ3) is 5.93. The predicted molar refractivity (Wildman–Crippen MR) is 121 cm³/mol. The smallest absolute Gasteiger partial charge is 0.247 e. The number of likely N-dealkylation sites (N-methyl/N-ethyl adjacent to an activating group) is 1. The lowest BCUT2D eigenvalue weighted by atomic mass is 10.2. The molecule has 2 aromatic rings. The number of carbonyl (C=O) groups excluding carboxylic acids is 1. The first-order chi connectivity index (χ1) is 15.3. The standard InChI is InChI=1S/C23H28FN3O4S/c1-25(32(29,30)22-17-20(24)10-11-21(22)31-2)18-23(28)27-15-13-26(14-16-27)12-6-9-19-7-4-3-5-8-19/h3-11,17H,12-16,18H2,1-2H3/b9-6+. The number of amides is 1. The Labute approximate surface area is 188 Å². The second-order valence-electron chi connectivity index (χ2n) is 7.55. The number of benzene rings is 2. The van der Waals surface area contributed by atoms with E-state index in [1.165, 1.54) is 20.2 Å². The maximum atomic E-state index is 13.6. The van der Waals surface area contributed by atoms with Crippen LogP contribution < -0.4 is 4.74 Å². The first-order valence-electron chi connectivity index (χ1n) is 10.3. The molecule has 1 fully saturated rings. The Morgan fingerprint density at radius 2 is 1.81 bits per heavy atom. The zero-order valence-corrected chi connectivity index (χ0v) is 19.1. The van der Waals surface area contributed by atoms with Crippen LogP contribution in [0.5, 0.6) is 5.75 Å². The van der Waals surface area contributed by atoms with Gasteiger partial charge in [-0.25, -0.2) is 12.8 Å². The topological polar surface area (TPSA) is 70.2 Å². The third-order valence-corrected chi connectivity index (χ3v) is 7.19. The first-order valence-corrected chi connectivity index (χ1v) is 11.8. The summed E-state index contributed by atoms with van der Waals surface area (Å²) in [5, 5.41) is 0. The van der Waals surface area contributed by atoms with Gasteiger partial charge in [-0.05, 0) is 23.8 Å². The van der Waals surface area contributed by atoms with Gasteiger partial charge in [-0.1, -0.05) is 42.5 Å². The number of methoxy groups -OCH3 is 1. The Morgan fingerprint density at radius 1 is 1.12 bits per heavy atom. The molecule has 1 heterocycles. The largest absolute Gasteiger partial charge is 0.495 e. The van der Waals surface area contributed by atoms with Crippen LogP contribution in [0.15, 0.2) is 59.5 Å². The van der Waals surface area contributed by atoms with Crippen LogP contribution in [0.4, 0.5) is 4.39 Å². The quantitative estimate of drug-likeness (QED) is 0.604. The third-order valence-electron chi connectivity index (χ3n) is 5.37. The van der Waals surface area contributed by atoms with Crippen molar-refractivity contribution in [3.63, 3.8) is 0 Å². The Kier molecular flexibility index (Phi) is 8.00. The van der Waals surface area contributed by atoms with Crippen LogP contribution in [0.1, 0.15) is 5.56 Å². The molecule has 0 aliphatic carbocycles. The summed E-state index contributed by atoms with van der Waals surface area (Å²) in [5.41, 5.74) is 1.14. The van der Waals surface area contributed by atoms with Gasteiger partial charge in [0.2, 0.25) is 15.9 Å². The molecule has 0 bridgehead atoms. The van der Waals surface area contributed by atoms with Gasteiger partial charge in [0.1, 0.15) is 16.5 Å². The maximum Gasteiger partial charge on any atom is 0.247 e. The zero-order chi connectivity index (χ0) is 23.1. The highest BCUT2D eigenvalue weighted by Crippen LogP contribution is 2.27. The Balaban J connectivity index is 1.53. The number of halogens is 1. The Morgan fingerprint density at radius 3 is 2.47 bits per heavy atom. The number of hydrogen-bond acceptors (Lipinski definition) is 5. The SMILES string of the molecule is COc1ccc(F)cc1S(=O)(=O)N(C)CC(=O)N1CCN(C/C=C/c2ccccc2)CC1. The van der Waals surface area contributed by atoms with E-state index >= 15 is 0 Å². The Bertz CT molecular complexity index is 1050. The summed E-state index contributed by atoms with van der Waals surface area (Å²) in [6.45, 7) is 2.92. The van der Waals surface area contributed by atoms with Crippen LogP contribution in [0.3, 0.4) is 0 Å². The van der Waals surface area contributed by atoms with Crippen molar-refractivity contribution in [2.24, 2.45) is 0 Å². The first kappa shape index (κ1) is 23.9. The lowest BCUT2D eigenvalue weighted by Gasteiger charge is -2.34. The molecule has 0 unspecified atom stereocenters. The monoisotopic (exact) mass is 461 g/mol. The second-order valence-corrected chi connectivity index (χ2v) is 9.56. The number of nitrogens with zero attached hydrogens (tertiary/aromatic N) is 3. The summed E-state index contributed by atoms with van der Waals surface area (Å²) >= 11 is 0. The number of sulfonamides is 1. The summed E-state index contributed by atoms with van der Waals surface area (Å²) in [6, 6.07) is 13.3. The van der Waals surface area contributed by atoms with Gasteiger partial charge in [0.25, 0.3) is 0 Å². The van der Waals surface area contributed by atoms with Crippen LogP contribution in [-0.4, -0.2) is 81.9 Å². The molecule has 0 saturated carbocycles. The molecule has 7 nitrogen and oxygen atoms in total. The van der Waals surface area contributed by atoms with Crippen molar-refractivity contribution < 1.29 is 22.3 Å². The minimum absolute atomic E-state index is 0.0304. The molecular formula is C23H28FN3O4S. The van der Waals surface area contributed by atoms with Crippen LogP contribution in [0, 0.1) is 5.82 Å². The summed E-state index contributed by atoms with van der Waals surface area (Å²) in [7, 11) is -1.47. The average molecular weight is 462 g/mol. The van der Waals surface area contributed by atoms with Crippen molar-refractivity contribution in [1.29, 1.82) is 0 Å². The Hall–Kier alpha value is -2.75. The number of hydrogen-bond donors (Lipinski definition) is 0. The van der Waals surface area contributed by atoms with Crippen LogP contribution in [0.2, 0.25) is 0 Å². The number of carbonyl (C=O) groups is 1. The van der Waals surface area contributed by atoms with E-state index in [4.69, 9.17) is 4.74 Å². The maximum absolute atomic E-state index is 13.6. The van der Waals surface area contributed by atoms with Crippen molar-refractivity contribution in [2.45, 2.75) is 4.90 Å². The molecular weight excluding hydrogens is 433 g/mol. The van der Waals surface area contributed by atoms with Gasteiger partial charge in [0.05, 0.1) is 13.7 Å². The molecule has 0 spiro atoms. The van der Waals surface area contributed by atoms with E-state index in [2.05, 4.69) is 17.1 Å². The van der Waals surface area contributed by atoms with E-state index in [0.29, 0.717) is 26.2 Å². The molecule has 0 aromatic heterocycles. The van der Waals surface area contributed by atoms with Crippen LogP contribution in [-0.2, 0) is 14.8 Å². The summed E-state index contributed by atoms with van der Waals surface area (Å²) in [5.74, 6) is -0.949. The molecule has 1 aliphatic rings. The van der Waals surface area contributed by atoms with Gasteiger partial charge < -0.3 is 9.64 Å². The fraction of sp³-hybridized carbons (Fsp3) is 0.348. The summed E-state index contributed by atoms with van der Waals surface area (Å²) in [6.07, 6.45) is 4.16. The van der Waals surface area contributed by atoms with E-state index in [0.717, 1.165) is 28.5 Å². The highest BCUT2D eigenvalue weighted by Gasteiger charge is 2.29. The normalized spacial score (nSPS) is 15.4. The molecule has 1 saturated heterocycles. The lowest BCUT2D eigenvalue weighted by Crippen LogP contribution is -2.51. The lowest BCUT2D eigenvalue weighted by molar-refractivity contribution is -0.132. The molecule has 172 valence electrons. The van der Waals surface area contributed by atoms with Gasteiger partial charge in [-0.15, -0.1) is 0 Å². The van der Waals surface area contributed by atoms with Gasteiger partial charge in [-0.3, -0.25) is 9.69 Å². The molecule has 0 N–H and O–H groups in total. The molecule has 32 heavy (non-hydrogen) atoms. The second kappa shape index (κ2) is 10.7. The van der Waals surface area contributed by atoms with Gasteiger partial charge >= 0.3 is 0 Å². The molecule has 0 radical (unpaired) electrons. The average Bonchev–Trinajstić information content (AvgIpc) is 2.80. The van der Waals surface area contributed by atoms with Gasteiger partial charge in [-0.2, -0.15) is 4.31 Å². The summed E-state index contributed by atoms with van der Waals surface area (Å²) in [4.78, 5) is 16.3. The van der Waals surface area contributed by atoms with Gasteiger partial charge in [0, 0.05) is 39.8 Å². The minimum atomic E-state index is -4.09. The highest BCUT2D eigenvalue weighted by molar-refractivity contribution is 7.89. The van der Waals surface area contributed by atoms with Crippen molar-refractivity contribution in [3.05, 3.63) is 66.0 Å². The molecule has 3 rings (SSSR count). The highest BCUT2D eigenvalue weighted by atomic mass is 32.2. The van der Waals surface area contributed by atoms with Crippen LogP contribution >= 0.6 is 0 Å². The van der Waals surface area contributed by atoms with E-state index in [1.807, 2.05) is 30.3 Å². The summed E-state index contributed by atoms with van der Waals surface area (Å²) < 4.78 is 45.3. The number of ether oxygens (including phenoxy) is 1. The van der Waals surface area contributed by atoms with E-state index in [-0.39, 0.29) is 23.1 Å².